The van der Waals surface area contributed by atoms with Crippen molar-refractivity contribution in [3.8, 4) is 0 Å². The first kappa shape index (κ1) is 20.9. The summed E-state index contributed by atoms with van der Waals surface area (Å²) < 4.78 is 20.1. The van der Waals surface area contributed by atoms with Gasteiger partial charge in [-0.1, -0.05) is 34.8 Å². The summed E-state index contributed by atoms with van der Waals surface area (Å²) in [5.74, 6) is 0.359. The molecule has 0 saturated carbocycles. The number of anilines is 1. The van der Waals surface area contributed by atoms with E-state index >= 15 is 0 Å². The first-order valence-electron chi connectivity index (χ1n) is 9.23. The van der Waals surface area contributed by atoms with Gasteiger partial charge in [-0.15, -0.1) is 0 Å². The van der Waals surface area contributed by atoms with Crippen molar-refractivity contribution in [1.82, 2.24) is 4.31 Å². The molecule has 0 aromatic heterocycles. The van der Waals surface area contributed by atoms with Crippen molar-refractivity contribution >= 4 is 57.6 Å². The summed E-state index contributed by atoms with van der Waals surface area (Å²) >= 11 is 18.1. The zero-order valence-corrected chi connectivity index (χ0v) is 18.5. The van der Waals surface area contributed by atoms with E-state index in [0.717, 1.165) is 16.8 Å². The van der Waals surface area contributed by atoms with Gasteiger partial charge in [0, 0.05) is 39.8 Å². The number of rotatable bonds is 4. The molecule has 0 radical (unpaired) electrons. The number of benzene rings is 2. The molecular weight excluding hydrogens is 455 g/mol. The number of piperidine rings is 1. The molecule has 0 bridgehead atoms. The summed E-state index contributed by atoms with van der Waals surface area (Å²) in [4.78, 5) is 14.1. The lowest BCUT2D eigenvalue weighted by atomic mass is 10.0. The molecule has 0 spiro atoms. The summed E-state index contributed by atoms with van der Waals surface area (Å²) in [6.07, 6.45) is 1.08. The fourth-order valence-corrected chi connectivity index (χ4v) is 5.81. The number of fused-ring (bicyclic) bond motifs is 1. The lowest BCUT2D eigenvalue weighted by Gasteiger charge is -2.39. The van der Waals surface area contributed by atoms with E-state index in [1.54, 1.807) is 29.2 Å². The Hall–Kier alpha value is -1.31. The van der Waals surface area contributed by atoms with E-state index in [2.05, 4.69) is 0 Å². The van der Waals surface area contributed by atoms with Crippen molar-refractivity contribution in [2.24, 2.45) is 0 Å². The Kier molecular flexibility index (Phi) is 6.37. The molecule has 9 heteroatoms. The van der Waals surface area contributed by atoms with Crippen LogP contribution in [0.3, 0.4) is 0 Å². The molecule has 2 heterocycles. The van der Waals surface area contributed by atoms with Crippen LogP contribution in [0.2, 0.25) is 15.1 Å². The third-order valence-corrected chi connectivity index (χ3v) is 7.33. The van der Waals surface area contributed by atoms with E-state index < -0.39 is 11.0 Å². The van der Waals surface area contributed by atoms with Crippen LogP contribution >= 0.6 is 34.8 Å². The summed E-state index contributed by atoms with van der Waals surface area (Å²) in [5.41, 5.74) is 2.59. The molecule has 0 aliphatic carbocycles. The van der Waals surface area contributed by atoms with E-state index in [1.165, 1.54) is 0 Å². The Morgan fingerprint density at radius 2 is 1.69 bits per heavy atom. The van der Waals surface area contributed by atoms with Gasteiger partial charge in [-0.05, 0) is 54.8 Å². The van der Waals surface area contributed by atoms with E-state index in [9.17, 15) is 9.00 Å². The minimum atomic E-state index is -1.19. The number of amides is 1. The molecular formula is C20H19Cl3N2O3S. The van der Waals surface area contributed by atoms with Crippen LogP contribution in [0.1, 0.15) is 24.0 Å². The molecule has 1 amide bonds. The zero-order valence-electron chi connectivity index (χ0n) is 15.4. The van der Waals surface area contributed by atoms with Crippen molar-refractivity contribution in [2.45, 2.75) is 31.2 Å². The van der Waals surface area contributed by atoms with Crippen molar-refractivity contribution in [2.75, 3.05) is 18.0 Å². The largest absolute Gasteiger partial charge is 0.444 e. The molecule has 5 nitrogen and oxygen atoms in total. The maximum atomic E-state index is 12.8. The van der Waals surface area contributed by atoms with E-state index in [4.69, 9.17) is 39.5 Å². The minimum absolute atomic E-state index is 0.00316. The maximum Gasteiger partial charge on any atom is 0.414 e. The maximum absolute atomic E-state index is 12.8. The SMILES string of the molecule is O=C1OCc2cc(Cl)ccc2N1C1CCN(S(=O)Cc2cc(Cl)cc(Cl)c2)CC1. The number of hydrogen-bond donors (Lipinski definition) is 0. The van der Waals surface area contributed by atoms with E-state index in [-0.39, 0.29) is 18.7 Å². The summed E-state index contributed by atoms with van der Waals surface area (Å²) in [5, 5.41) is 1.68. The van der Waals surface area contributed by atoms with Gasteiger partial charge in [0.05, 0.1) is 22.4 Å². The molecule has 29 heavy (non-hydrogen) atoms. The number of nitrogens with zero attached hydrogens (tertiary/aromatic N) is 2. The monoisotopic (exact) mass is 472 g/mol. The molecule has 2 aromatic rings. The highest BCUT2D eigenvalue weighted by atomic mass is 35.5. The van der Waals surface area contributed by atoms with E-state index in [1.807, 2.05) is 16.4 Å². The highest BCUT2D eigenvalue weighted by Gasteiger charge is 2.35. The number of carbonyl (C=O) groups is 1. The van der Waals surface area contributed by atoms with Crippen LogP contribution in [-0.2, 0) is 28.1 Å². The number of carbonyl (C=O) groups excluding carboxylic acids is 1. The van der Waals surface area contributed by atoms with E-state index in [0.29, 0.717) is 46.8 Å². The molecule has 4 rings (SSSR count). The molecule has 2 aromatic carbocycles. The van der Waals surface area contributed by atoms with Gasteiger partial charge in [0.15, 0.2) is 0 Å². The molecule has 154 valence electrons. The van der Waals surface area contributed by atoms with Gasteiger partial charge in [-0.3, -0.25) is 4.90 Å². The van der Waals surface area contributed by atoms with Crippen molar-refractivity contribution in [1.29, 1.82) is 0 Å². The summed E-state index contributed by atoms with van der Waals surface area (Å²) in [7, 11) is -1.19. The Bertz CT molecular complexity index is 944. The quantitative estimate of drug-likeness (QED) is 0.595. The predicted octanol–water partition coefficient (Wildman–Crippen LogP) is 5.43. The number of cyclic esters (lactones) is 1. The Balaban J connectivity index is 1.42. The second kappa shape index (κ2) is 8.82. The zero-order chi connectivity index (χ0) is 20.5. The molecule has 1 fully saturated rings. The van der Waals surface area contributed by atoms with Crippen molar-refractivity contribution < 1.29 is 13.7 Å². The average molecular weight is 474 g/mol. The number of halogens is 3. The lowest BCUT2D eigenvalue weighted by molar-refractivity contribution is 0.136. The molecule has 2 aliphatic rings. The number of ether oxygens (including phenoxy) is 1. The van der Waals surface area contributed by atoms with Gasteiger partial charge in [0.1, 0.15) is 6.61 Å². The van der Waals surface area contributed by atoms with Crippen LogP contribution in [0.5, 0.6) is 0 Å². The van der Waals surface area contributed by atoms with Crippen molar-refractivity contribution in [3.05, 3.63) is 62.6 Å². The first-order chi connectivity index (χ1) is 13.9. The molecule has 1 atom stereocenters. The molecule has 0 N–H and O–H groups in total. The van der Waals surface area contributed by atoms with Crippen LogP contribution in [-0.4, -0.2) is 33.7 Å². The van der Waals surface area contributed by atoms with Crippen molar-refractivity contribution in [3.63, 3.8) is 0 Å². The standard InChI is InChI=1S/C20H19Cl3N2O3S/c21-15-1-2-19-14(9-15)11-28-20(26)25(19)18-3-5-24(6-4-18)29(27)12-13-7-16(22)10-17(23)8-13/h1-2,7-10,18H,3-6,11-12H2. The van der Waals surface area contributed by atoms with Crippen LogP contribution in [0, 0.1) is 0 Å². The number of hydrogen-bond acceptors (Lipinski definition) is 3. The van der Waals surface area contributed by atoms with Crippen LogP contribution in [0.4, 0.5) is 10.5 Å². The second-order valence-corrected chi connectivity index (χ2v) is 9.86. The molecule has 1 saturated heterocycles. The van der Waals surface area contributed by atoms with Crippen LogP contribution in [0.15, 0.2) is 36.4 Å². The fraction of sp³-hybridized carbons (Fsp3) is 0.350. The topological polar surface area (TPSA) is 49.9 Å². The normalized spacial score (nSPS) is 19.0. The van der Waals surface area contributed by atoms with Gasteiger partial charge in [0.25, 0.3) is 0 Å². The van der Waals surface area contributed by atoms with Gasteiger partial charge in [0.2, 0.25) is 0 Å². The second-order valence-electron chi connectivity index (χ2n) is 7.10. The average Bonchev–Trinajstić information content (AvgIpc) is 2.67. The van der Waals surface area contributed by atoms with Gasteiger partial charge >= 0.3 is 6.09 Å². The van der Waals surface area contributed by atoms with Crippen LogP contribution in [0.25, 0.3) is 0 Å². The first-order valence-corrected chi connectivity index (χ1v) is 11.6. The predicted molar refractivity (Wildman–Crippen MR) is 117 cm³/mol. The Labute approximate surface area is 187 Å². The third kappa shape index (κ3) is 4.72. The Morgan fingerprint density at radius 3 is 2.38 bits per heavy atom. The highest BCUT2D eigenvalue weighted by Crippen LogP contribution is 2.34. The lowest BCUT2D eigenvalue weighted by Crippen LogP contribution is -2.49. The summed E-state index contributed by atoms with van der Waals surface area (Å²) in [6.45, 7) is 1.48. The molecule has 2 aliphatic heterocycles. The fourth-order valence-electron chi connectivity index (χ4n) is 3.79. The minimum Gasteiger partial charge on any atom is -0.444 e. The van der Waals surface area contributed by atoms with Crippen LogP contribution < -0.4 is 4.90 Å². The smallest absolute Gasteiger partial charge is 0.414 e. The molecule has 1 unspecified atom stereocenters. The van der Waals surface area contributed by atoms with Gasteiger partial charge < -0.3 is 4.74 Å². The Morgan fingerprint density at radius 1 is 1.00 bits per heavy atom. The summed E-state index contributed by atoms with van der Waals surface area (Å²) in [6, 6.07) is 10.7. The third-order valence-electron chi connectivity index (χ3n) is 5.14. The highest BCUT2D eigenvalue weighted by molar-refractivity contribution is 7.81. The van der Waals surface area contributed by atoms with Gasteiger partial charge in [-0.2, -0.15) is 0 Å². The van der Waals surface area contributed by atoms with Gasteiger partial charge in [-0.25, -0.2) is 13.3 Å².